The molecule has 3 N–H and O–H groups in total. The Kier molecular flexibility index (Phi) is 4.26. The highest BCUT2D eigenvalue weighted by molar-refractivity contribution is 6.00. The maximum absolute atomic E-state index is 14.0. The van der Waals surface area contributed by atoms with Gasteiger partial charge in [-0.3, -0.25) is 25.1 Å². The van der Waals surface area contributed by atoms with Crippen LogP contribution in [-0.4, -0.2) is 21.0 Å². The van der Waals surface area contributed by atoms with Crippen LogP contribution in [0.15, 0.2) is 36.4 Å². The van der Waals surface area contributed by atoms with Crippen molar-refractivity contribution < 1.29 is 24.1 Å². The predicted octanol–water partition coefficient (Wildman–Crippen LogP) is 2.56. The zero-order chi connectivity index (χ0) is 18.0. The zero-order valence-electron chi connectivity index (χ0n) is 11.7. The lowest BCUT2D eigenvalue weighted by Crippen LogP contribution is -2.32. The number of benzene rings is 2. The minimum atomic E-state index is -1.25. The molecule has 2 aromatic rings. The first kappa shape index (κ1) is 16.6. The van der Waals surface area contributed by atoms with E-state index in [4.69, 9.17) is 5.73 Å². The molecule has 0 radical (unpaired) electrons. The number of hydrogen-bond acceptors (Lipinski definition) is 6. The number of amides is 2. The number of rotatable bonds is 4. The average molecular weight is 336 g/mol. The van der Waals surface area contributed by atoms with Crippen molar-refractivity contribution in [2.75, 3.05) is 4.90 Å². The smallest absolute Gasteiger partial charge is 0.324 e. The van der Waals surface area contributed by atoms with Gasteiger partial charge in [-0.2, -0.15) is 0 Å². The molecule has 24 heavy (non-hydrogen) atoms. The molecule has 2 rings (SSSR count). The van der Waals surface area contributed by atoms with Crippen LogP contribution in [0.1, 0.15) is 0 Å². The van der Waals surface area contributed by atoms with Crippen LogP contribution in [0.25, 0.3) is 0 Å². The Hall–Kier alpha value is -3.76. The van der Waals surface area contributed by atoms with Gasteiger partial charge in [-0.15, -0.1) is 0 Å². The Labute approximate surface area is 132 Å². The highest BCUT2D eigenvalue weighted by atomic mass is 19.1. The van der Waals surface area contributed by atoms with E-state index < -0.39 is 44.5 Å². The van der Waals surface area contributed by atoms with E-state index in [1.54, 1.807) is 0 Å². The summed E-state index contributed by atoms with van der Waals surface area (Å²) in [5.74, 6) is -1.74. The van der Waals surface area contributed by atoms with Crippen LogP contribution in [0.4, 0.5) is 31.9 Å². The van der Waals surface area contributed by atoms with E-state index in [2.05, 4.69) is 0 Å². The number of non-ortho nitro benzene ring substituents is 2. The van der Waals surface area contributed by atoms with Gasteiger partial charge in [-0.25, -0.2) is 9.18 Å². The van der Waals surface area contributed by atoms with E-state index in [1.165, 1.54) is 0 Å². The molecule has 0 heterocycles. The number of primary amides is 1. The maximum Gasteiger partial charge on any atom is 0.324 e. The van der Waals surface area contributed by atoms with Gasteiger partial charge in [-0.1, -0.05) is 0 Å². The van der Waals surface area contributed by atoms with Gasteiger partial charge in [0, 0.05) is 18.2 Å². The molecule has 0 aliphatic carbocycles. The van der Waals surface area contributed by atoms with Gasteiger partial charge >= 0.3 is 6.03 Å². The van der Waals surface area contributed by atoms with Crippen LogP contribution in [-0.2, 0) is 0 Å². The molecule has 11 heteroatoms. The number of aromatic hydroxyl groups is 1. The number of nitro benzene ring substituents is 2. The topological polar surface area (TPSA) is 153 Å². The molecule has 0 aliphatic rings. The van der Waals surface area contributed by atoms with E-state index in [0.29, 0.717) is 4.90 Å². The number of hydrogen-bond donors (Lipinski definition) is 2. The van der Waals surface area contributed by atoms with Crippen molar-refractivity contribution in [3.63, 3.8) is 0 Å². The van der Waals surface area contributed by atoms with Crippen LogP contribution >= 0.6 is 0 Å². The number of urea groups is 1. The molecular formula is C13H9FN4O6. The van der Waals surface area contributed by atoms with Crippen molar-refractivity contribution in [1.29, 1.82) is 0 Å². The van der Waals surface area contributed by atoms with E-state index >= 15 is 0 Å². The van der Waals surface area contributed by atoms with Crippen LogP contribution in [0.3, 0.4) is 0 Å². The first-order valence-corrected chi connectivity index (χ1v) is 6.23. The summed E-state index contributed by atoms with van der Waals surface area (Å²) in [4.78, 5) is 32.0. The fourth-order valence-corrected chi connectivity index (χ4v) is 1.97. The lowest BCUT2D eigenvalue weighted by Gasteiger charge is -2.21. The molecule has 0 saturated carbocycles. The van der Waals surface area contributed by atoms with Gasteiger partial charge < -0.3 is 10.8 Å². The lowest BCUT2D eigenvalue weighted by atomic mass is 10.2. The summed E-state index contributed by atoms with van der Waals surface area (Å²) in [5.41, 5.74) is 3.23. The minimum absolute atomic E-state index is 0.368. The third-order valence-corrected chi connectivity index (χ3v) is 3.01. The third kappa shape index (κ3) is 3.04. The summed E-state index contributed by atoms with van der Waals surface area (Å²) in [7, 11) is 0. The molecule has 0 aliphatic heterocycles. The molecule has 0 spiro atoms. The summed E-state index contributed by atoms with van der Waals surface area (Å²) < 4.78 is 14.0. The van der Waals surface area contributed by atoms with E-state index in [9.17, 15) is 34.5 Å². The normalized spacial score (nSPS) is 10.2. The number of nitro groups is 2. The second kappa shape index (κ2) is 6.16. The summed E-state index contributed by atoms with van der Waals surface area (Å²) in [6.07, 6.45) is 0. The Morgan fingerprint density at radius 3 is 2.08 bits per heavy atom. The van der Waals surface area contributed by atoms with Crippen LogP contribution in [0.5, 0.6) is 5.75 Å². The molecule has 10 nitrogen and oxygen atoms in total. The Morgan fingerprint density at radius 2 is 1.58 bits per heavy atom. The molecule has 2 amide bonds. The summed E-state index contributed by atoms with van der Waals surface area (Å²) in [5, 5.41) is 31.4. The molecule has 0 fully saturated rings. The molecule has 0 bridgehead atoms. The Balaban J connectivity index is 2.64. The van der Waals surface area contributed by atoms with Crippen molar-refractivity contribution in [3.05, 3.63) is 62.4 Å². The summed E-state index contributed by atoms with van der Waals surface area (Å²) in [6.45, 7) is 0. The quantitative estimate of drug-likeness (QED) is 0.646. The molecule has 0 unspecified atom stereocenters. The molecule has 2 aromatic carbocycles. The van der Waals surface area contributed by atoms with Gasteiger partial charge in [0.15, 0.2) is 0 Å². The number of anilines is 2. The zero-order valence-corrected chi connectivity index (χ0v) is 11.7. The van der Waals surface area contributed by atoms with Crippen molar-refractivity contribution >= 4 is 28.8 Å². The second-order valence-corrected chi connectivity index (χ2v) is 4.50. The Morgan fingerprint density at radius 1 is 1.04 bits per heavy atom. The van der Waals surface area contributed by atoms with E-state index in [1.807, 2.05) is 0 Å². The summed E-state index contributed by atoms with van der Waals surface area (Å²) >= 11 is 0. The maximum atomic E-state index is 14.0. The first-order chi connectivity index (χ1) is 11.2. The largest absolute Gasteiger partial charge is 0.505 e. The van der Waals surface area contributed by atoms with Gasteiger partial charge in [0.2, 0.25) is 0 Å². The third-order valence-electron chi connectivity index (χ3n) is 3.01. The fourth-order valence-electron chi connectivity index (χ4n) is 1.97. The van der Waals surface area contributed by atoms with E-state index in [-0.39, 0.29) is 5.69 Å². The monoisotopic (exact) mass is 336 g/mol. The minimum Gasteiger partial charge on any atom is -0.505 e. The van der Waals surface area contributed by atoms with Crippen molar-refractivity contribution in [2.24, 2.45) is 5.73 Å². The SMILES string of the molecule is NC(=O)N(c1ccc([N+](=O)[O-])cc1O)c1cc([N+](=O)[O-])ccc1F. The number of phenols is 1. The standard InChI is InChI=1S/C13H9FN4O6/c14-9-3-1-7(17(21)22)5-11(9)16(13(15)20)10-4-2-8(18(23)24)6-12(10)19/h1-6,19H,(H2,15,20). The van der Waals surface area contributed by atoms with Crippen LogP contribution in [0, 0.1) is 26.0 Å². The molecule has 0 saturated heterocycles. The van der Waals surface area contributed by atoms with Crippen molar-refractivity contribution in [2.45, 2.75) is 0 Å². The number of nitrogens with two attached hydrogens (primary N) is 1. The predicted molar refractivity (Wildman–Crippen MR) is 79.5 cm³/mol. The van der Waals surface area contributed by atoms with E-state index in [0.717, 1.165) is 36.4 Å². The van der Waals surface area contributed by atoms with Crippen molar-refractivity contribution in [3.8, 4) is 5.75 Å². The number of halogens is 1. The lowest BCUT2D eigenvalue weighted by molar-refractivity contribution is -0.385. The van der Waals surface area contributed by atoms with Crippen LogP contribution in [0.2, 0.25) is 0 Å². The van der Waals surface area contributed by atoms with Gasteiger partial charge in [0.05, 0.1) is 27.3 Å². The molecular weight excluding hydrogens is 327 g/mol. The number of nitrogens with zero attached hydrogens (tertiary/aromatic N) is 3. The molecule has 124 valence electrons. The molecule has 0 aromatic heterocycles. The highest BCUT2D eigenvalue weighted by Crippen LogP contribution is 2.37. The van der Waals surface area contributed by atoms with Crippen LogP contribution < -0.4 is 10.6 Å². The first-order valence-electron chi connectivity index (χ1n) is 6.23. The number of phenolic OH excluding ortho intramolecular Hbond substituents is 1. The van der Waals surface area contributed by atoms with Gasteiger partial charge in [0.25, 0.3) is 11.4 Å². The van der Waals surface area contributed by atoms with Gasteiger partial charge in [0.1, 0.15) is 11.6 Å². The molecule has 0 atom stereocenters. The second-order valence-electron chi connectivity index (χ2n) is 4.50. The van der Waals surface area contributed by atoms with Gasteiger partial charge in [-0.05, 0) is 12.1 Å². The number of carbonyl (C=O) groups is 1. The number of carbonyl (C=O) groups excluding carboxylic acids is 1. The highest BCUT2D eigenvalue weighted by Gasteiger charge is 2.25. The Bertz CT molecular complexity index is 856. The fraction of sp³-hybridized carbons (Fsp3) is 0. The summed E-state index contributed by atoms with van der Waals surface area (Å²) in [6, 6.07) is 3.80. The average Bonchev–Trinajstić information content (AvgIpc) is 2.50. The van der Waals surface area contributed by atoms with Crippen molar-refractivity contribution in [1.82, 2.24) is 0 Å².